The smallest absolute Gasteiger partial charge is 0.270 e. The fourth-order valence-electron chi connectivity index (χ4n) is 3.88. The zero-order valence-corrected chi connectivity index (χ0v) is 11.4. The lowest BCUT2D eigenvalue weighted by Gasteiger charge is -2.37. The van der Waals surface area contributed by atoms with Gasteiger partial charge in [0, 0.05) is 29.0 Å². The highest BCUT2D eigenvalue weighted by Gasteiger charge is 2.42. The summed E-state index contributed by atoms with van der Waals surface area (Å²) in [5, 5.41) is 1.09. The molecule has 4 nitrogen and oxygen atoms in total. The standard InChI is InChI=1S/C16H19N3O/c17-11-8-12-5-6-13(9-11)19(12)16(20)15-7-10-3-1-2-4-14(10)18-15/h1-4,7,11-13,18H,5-6,8-9,17H2. The van der Waals surface area contributed by atoms with Crippen molar-refractivity contribution in [3.63, 3.8) is 0 Å². The number of aromatic amines is 1. The number of para-hydroxylation sites is 1. The lowest BCUT2D eigenvalue weighted by molar-refractivity contribution is 0.0570. The zero-order valence-electron chi connectivity index (χ0n) is 11.4. The molecule has 2 aliphatic heterocycles. The maximum absolute atomic E-state index is 12.8. The molecule has 0 saturated carbocycles. The van der Waals surface area contributed by atoms with Crippen molar-refractivity contribution in [2.24, 2.45) is 5.73 Å². The van der Waals surface area contributed by atoms with Gasteiger partial charge in [-0.05, 0) is 37.8 Å². The number of fused-ring (bicyclic) bond motifs is 3. The second-order valence-corrected chi connectivity index (χ2v) is 6.10. The third kappa shape index (κ3) is 1.75. The predicted octanol–water partition coefficient (Wildman–Crippen LogP) is 2.26. The molecule has 2 aliphatic rings. The number of nitrogens with two attached hydrogens (primary N) is 1. The Morgan fingerprint density at radius 1 is 1.20 bits per heavy atom. The number of hydrogen-bond donors (Lipinski definition) is 2. The van der Waals surface area contributed by atoms with Gasteiger partial charge in [-0.1, -0.05) is 18.2 Å². The normalized spacial score (nSPS) is 29.1. The van der Waals surface area contributed by atoms with Gasteiger partial charge < -0.3 is 15.6 Å². The first-order valence-corrected chi connectivity index (χ1v) is 7.38. The molecule has 2 unspecified atom stereocenters. The van der Waals surface area contributed by atoms with Crippen molar-refractivity contribution in [1.29, 1.82) is 0 Å². The van der Waals surface area contributed by atoms with Crippen molar-refractivity contribution in [3.05, 3.63) is 36.0 Å². The van der Waals surface area contributed by atoms with E-state index in [9.17, 15) is 4.79 Å². The lowest BCUT2D eigenvalue weighted by Crippen LogP contribution is -2.50. The van der Waals surface area contributed by atoms with E-state index in [1.165, 1.54) is 0 Å². The zero-order chi connectivity index (χ0) is 13.7. The Labute approximate surface area is 117 Å². The molecule has 0 aliphatic carbocycles. The molecule has 4 rings (SSSR count). The van der Waals surface area contributed by atoms with E-state index in [2.05, 4.69) is 9.88 Å². The van der Waals surface area contributed by atoms with Crippen LogP contribution in [0.1, 0.15) is 36.2 Å². The van der Waals surface area contributed by atoms with Crippen LogP contribution in [-0.4, -0.2) is 33.9 Å². The number of piperidine rings is 1. The summed E-state index contributed by atoms with van der Waals surface area (Å²) in [6.07, 6.45) is 4.10. The molecule has 104 valence electrons. The van der Waals surface area contributed by atoms with E-state index in [-0.39, 0.29) is 11.9 Å². The van der Waals surface area contributed by atoms with Gasteiger partial charge >= 0.3 is 0 Å². The van der Waals surface area contributed by atoms with Crippen molar-refractivity contribution >= 4 is 16.8 Å². The average molecular weight is 269 g/mol. The van der Waals surface area contributed by atoms with E-state index in [0.29, 0.717) is 17.8 Å². The molecule has 2 aromatic rings. The highest BCUT2D eigenvalue weighted by molar-refractivity contribution is 5.98. The number of hydrogen-bond acceptors (Lipinski definition) is 2. The van der Waals surface area contributed by atoms with Gasteiger partial charge in [0.25, 0.3) is 5.91 Å². The van der Waals surface area contributed by atoms with E-state index in [1.54, 1.807) is 0 Å². The number of amides is 1. The van der Waals surface area contributed by atoms with Crippen LogP contribution in [0.3, 0.4) is 0 Å². The molecule has 2 saturated heterocycles. The summed E-state index contributed by atoms with van der Waals surface area (Å²) >= 11 is 0. The van der Waals surface area contributed by atoms with E-state index >= 15 is 0 Å². The Kier molecular flexibility index (Phi) is 2.60. The van der Waals surface area contributed by atoms with Crippen LogP contribution in [0.15, 0.2) is 30.3 Å². The number of H-pyrrole nitrogens is 1. The average Bonchev–Trinajstić information content (AvgIpc) is 2.98. The lowest BCUT2D eigenvalue weighted by atomic mass is 9.98. The minimum Gasteiger partial charge on any atom is -0.351 e. The molecule has 3 N–H and O–H groups in total. The van der Waals surface area contributed by atoms with Gasteiger partial charge in [0.1, 0.15) is 5.69 Å². The van der Waals surface area contributed by atoms with E-state index < -0.39 is 0 Å². The molecular formula is C16H19N3O. The largest absolute Gasteiger partial charge is 0.351 e. The molecule has 0 radical (unpaired) electrons. The summed E-state index contributed by atoms with van der Waals surface area (Å²) < 4.78 is 0. The first-order valence-electron chi connectivity index (χ1n) is 7.38. The van der Waals surface area contributed by atoms with Crippen molar-refractivity contribution in [1.82, 2.24) is 9.88 Å². The Morgan fingerprint density at radius 3 is 2.60 bits per heavy atom. The molecule has 2 atom stereocenters. The summed E-state index contributed by atoms with van der Waals surface area (Å²) in [7, 11) is 0. The van der Waals surface area contributed by atoms with Crippen LogP contribution in [0.4, 0.5) is 0 Å². The summed E-state index contributed by atoms with van der Waals surface area (Å²) in [6, 6.07) is 10.9. The van der Waals surface area contributed by atoms with Crippen LogP contribution in [0, 0.1) is 0 Å². The second-order valence-electron chi connectivity index (χ2n) is 6.10. The van der Waals surface area contributed by atoms with Gasteiger partial charge in [-0.2, -0.15) is 0 Å². The Balaban J connectivity index is 1.67. The van der Waals surface area contributed by atoms with Crippen molar-refractivity contribution in [2.75, 3.05) is 0 Å². The molecule has 3 heterocycles. The molecular weight excluding hydrogens is 250 g/mol. The van der Waals surface area contributed by atoms with Gasteiger partial charge in [0.05, 0.1) is 0 Å². The molecule has 0 spiro atoms. The Bertz CT molecular complexity index is 616. The van der Waals surface area contributed by atoms with Crippen LogP contribution in [0.2, 0.25) is 0 Å². The minimum absolute atomic E-state index is 0.139. The highest BCUT2D eigenvalue weighted by Crippen LogP contribution is 2.36. The summed E-state index contributed by atoms with van der Waals surface area (Å²) in [5.74, 6) is 0.139. The maximum Gasteiger partial charge on any atom is 0.270 e. The van der Waals surface area contributed by atoms with Crippen molar-refractivity contribution in [2.45, 2.75) is 43.8 Å². The van der Waals surface area contributed by atoms with Crippen molar-refractivity contribution in [3.8, 4) is 0 Å². The number of rotatable bonds is 1. The van der Waals surface area contributed by atoms with E-state index in [0.717, 1.165) is 36.6 Å². The van der Waals surface area contributed by atoms with Gasteiger partial charge in [0.15, 0.2) is 0 Å². The van der Waals surface area contributed by atoms with Gasteiger partial charge in [-0.25, -0.2) is 0 Å². The Morgan fingerprint density at radius 2 is 1.90 bits per heavy atom. The highest BCUT2D eigenvalue weighted by atomic mass is 16.2. The fraction of sp³-hybridized carbons (Fsp3) is 0.438. The van der Waals surface area contributed by atoms with Crippen LogP contribution in [-0.2, 0) is 0 Å². The number of aromatic nitrogens is 1. The van der Waals surface area contributed by atoms with E-state index in [4.69, 9.17) is 5.73 Å². The number of carbonyl (C=O) groups excluding carboxylic acids is 1. The molecule has 2 fully saturated rings. The van der Waals surface area contributed by atoms with Crippen molar-refractivity contribution < 1.29 is 4.79 Å². The van der Waals surface area contributed by atoms with Gasteiger partial charge in [0.2, 0.25) is 0 Å². The summed E-state index contributed by atoms with van der Waals surface area (Å²) in [6.45, 7) is 0. The molecule has 20 heavy (non-hydrogen) atoms. The second kappa shape index (κ2) is 4.35. The number of carbonyl (C=O) groups is 1. The van der Waals surface area contributed by atoms with Crippen LogP contribution in [0.5, 0.6) is 0 Å². The fourth-order valence-corrected chi connectivity index (χ4v) is 3.88. The van der Waals surface area contributed by atoms with Gasteiger partial charge in [-0.15, -0.1) is 0 Å². The van der Waals surface area contributed by atoms with Crippen LogP contribution >= 0.6 is 0 Å². The monoisotopic (exact) mass is 269 g/mol. The third-order valence-electron chi connectivity index (χ3n) is 4.76. The number of nitrogens with one attached hydrogen (secondary N) is 1. The Hall–Kier alpha value is -1.81. The van der Waals surface area contributed by atoms with Gasteiger partial charge in [-0.3, -0.25) is 4.79 Å². The summed E-state index contributed by atoms with van der Waals surface area (Å²) in [5.41, 5.74) is 7.80. The first-order chi connectivity index (χ1) is 9.72. The molecule has 1 amide bonds. The first kappa shape index (κ1) is 12.0. The number of nitrogens with zero attached hydrogens (tertiary/aromatic N) is 1. The molecule has 1 aromatic carbocycles. The maximum atomic E-state index is 12.8. The molecule has 4 heteroatoms. The summed E-state index contributed by atoms with van der Waals surface area (Å²) in [4.78, 5) is 18.1. The predicted molar refractivity (Wildman–Crippen MR) is 78.5 cm³/mol. The van der Waals surface area contributed by atoms with Crippen LogP contribution in [0.25, 0.3) is 10.9 Å². The topological polar surface area (TPSA) is 62.1 Å². The third-order valence-corrected chi connectivity index (χ3v) is 4.76. The van der Waals surface area contributed by atoms with E-state index in [1.807, 2.05) is 30.3 Å². The minimum atomic E-state index is 0.139. The van der Waals surface area contributed by atoms with Crippen LogP contribution < -0.4 is 5.73 Å². The molecule has 1 aromatic heterocycles. The number of benzene rings is 1. The quantitative estimate of drug-likeness (QED) is 0.834. The molecule has 2 bridgehead atoms. The SMILES string of the molecule is NC1CC2CCC(C1)N2C(=O)c1cc2ccccc2[nH]1.